The minimum Gasteiger partial charge on any atom is -0.378 e. The topological polar surface area (TPSA) is 69.6 Å². The van der Waals surface area contributed by atoms with Gasteiger partial charge in [0.2, 0.25) is 5.13 Å². The van der Waals surface area contributed by atoms with Gasteiger partial charge in [0.05, 0.1) is 6.21 Å². The summed E-state index contributed by atoms with van der Waals surface area (Å²) in [6.45, 7) is 0. The number of nitrogens with one attached hydrogen (secondary N) is 2. The fourth-order valence-electron chi connectivity index (χ4n) is 3.04. The van der Waals surface area contributed by atoms with Crippen LogP contribution in [0.15, 0.2) is 84.0 Å². The fraction of sp³-hybridized carbons (Fsp3) is 0.0800. The van der Waals surface area contributed by atoms with Gasteiger partial charge in [-0.15, -0.1) is 0 Å². The van der Waals surface area contributed by atoms with Crippen LogP contribution in [0.3, 0.4) is 0 Å². The molecule has 1 heterocycles. The van der Waals surface area contributed by atoms with Gasteiger partial charge >= 0.3 is 0 Å². The molecule has 1 amide bonds. The zero-order valence-electron chi connectivity index (χ0n) is 18.1. The van der Waals surface area contributed by atoms with E-state index in [2.05, 4.69) is 20.8 Å². The Morgan fingerprint density at radius 1 is 1.00 bits per heavy atom. The summed E-state index contributed by atoms with van der Waals surface area (Å²) >= 11 is 1.27. The van der Waals surface area contributed by atoms with Gasteiger partial charge in [0.1, 0.15) is 16.5 Å². The van der Waals surface area contributed by atoms with Crippen molar-refractivity contribution < 1.29 is 9.18 Å². The predicted molar refractivity (Wildman–Crippen MR) is 134 cm³/mol. The molecule has 166 valence electrons. The average Bonchev–Trinajstić information content (AvgIpc) is 3.22. The molecular weight excluding hydrogens is 437 g/mol. The SMILES string of the molecule is CN(C)c1ccc(/C=N/Nc2nc(-c3ccccc3)c(NC(=O)c3ccc(F)cc3)s2)cc1. The molecule has 0 saturated heterocycles. The molecule has 0 aliphatic rings. The van der Waals surface area contributed by atoms with Crippen LogP contribution in [0.2, 0.25) is 0 Å². The largest absolute Gasteiger partial charge is 0.378 e. The van der Waals surface area contributed by atoms with E-state index in [-0.39, 0.29) is 5.91 Å². The highest BCUT2D eigenvalue weighted by molar-refractivity contribution is 7.20. The van der Waals surface area contributed by atoms with Gasteiger partial charge in [-0.1, -0.05) is 53.8 Å². The second kappa shape index (κ2) is 10.1. The lowest BCUT2D eigenvalue weighted by atomic mass is 10.1. The second-order valence-electron chi connectivity index (χ2n) is 7.38. The van der Waals surface area contributed by atoms with Crippen molar-refractivity contribution in [2.75, 3.05) is 29.7 Å². The van der Waals surface area contributed by atoms with E-state index in [0.717, 1.165) is 16.8 Å². The molecule has 1 aromatic heterocycles. The van der Waals surface area contributed by atoms with Crippen LogP contribution in [-0.2, 0) is 0 Å². The molecule has 0 saturated carbocycles. The lowest BCUT2D eigenvalue weighted by Gasteiger charge is -2.11. The van der Waals surface area contributed by atoms with Gasteiger partial charge < -0.3 is 10.2 Å². The molecule has 0 radical (unpaired) electrons. The fourth-order valence-corrected chi connectivity index (χ4v) is 3.87. The number of hydrogen-bond donors (Lipinski definition) is 2. The molecule has 0 aliphatic carbocycles. The lowest BCUT2D eigenvalue weighted by molar-refractivity contribution is 0.102. The minimum atomic E-state index is -0.394. The normalized spacial score (nSPS) is 10.9. The minimum absolute atomic E-state index is 0.341. The Kier molecular flexibility index (Phi) is 6.75. The number of halogens is 1. The highest BCUT2D eigenvalue weighted by Crippen LogP contribution is 2.36. The zero-order chi connectivity index (χ0) is 23.2. The molecule has 4 aromatic rings. The first-order chi connectivity index (χ1) is 16.0. The monoisotopic (exact) mass is 459 g/mol. The standard InChI is InChI=1S/C25H22FN5OS/c1-31(2)21-14-8-17(9-15-21)16-27-30-25-28-22(18-6-4-3-5-7-18)24(33-25)29-23(32)19-10-12-20(26)13-11-19/h3-16H,1-2H3,(H,28,30)(H,29,32)/b27-16+. The van der Waals surface area contributed by atoms with Crippen molar-refractivity contribution >= 4 is 39.3 Å². The number of hydrazone groups is 1. The Morgan fingerprint density at radius 3 is 2.36 bits per heavy atom. The molecule has 0 spiro atoms. The zero-order valence-corrected chi connectivity index (χ0v) is 18.9. The first-order valence-electron chi connectivity index (χ1n) is 10.2. The van der Waals surface area contributed by atoms with Gasteiger partial charge in [-0.25, -0.2) is 9.37 Å². The maximum atomic E-state index is 13.2. The van der Waals surface area contributed by atoms with Crippen LogP contribution in [0.1, 0.15) is 15.9 Å². The summed E-state index contributed by atoms with van der Waals surface area (Å²) in [6.07, 6.45) is 1.71. The predicted octanol–water partition coefficient (Wildman–Crippen LogP) is 5.71. The molecule has 4 rings (SSSR count). The Labute approximate surface area is 195 Å². The number of rotatable bonds is 7. The van der Waals surface area contributed by atoms with Crippen LogP contribution < -0.4 is 15.6 Å². The van der Waals surface area contributed by atoms with Crippen LogP contribution in [0.4, 0.5) is 20.2 Å². The van der Waals surface area contributed by atoms with Crippen molar-refractivity contribution in [3.05, 3.63) is 95.8 Å². The maximum absolute atomic E-state index is 13.2. The Bertz CT molecular complexity index is 1250. The number of carbonyl (C=O) groups excluding carboxylic acids is 1. The van der Waals surface area contributed by atoms with Crippen molar-refractivity contribution in [3.63, 3.8) is 0 Å². The van der Waals surface area contributed by atoms with E-state index in [0.29, 0.717) is 21.4 Å². The Hall–Kier alpha value is -4.04. The molecule has 33 heavy (non-hydrogen) atoms. The average molecular weight is 460 g/mol. The number of benzene rings is 3. The number of anilines is 3. The van der Waals surface area contributed by atoms with E-state index >= 15 is 0 Å². The lowest BCUT2D eigenvalue weighted by Crippen LogP contribution is -2.11. The summed E-state index contributed by atoms with van der Waals surface area (Å²) in [5, 5.41) is 8.28. The summed E-state index contributed by atoms with van der Waals surface area (Å²) in [6, 6.07) is 22.9. The maximum Gasteiger partial charge on any atom is 0.256 e. The van der Waals surface area contributed by atoms with E-state index < -0.39 is 5.82 Å². The highest BCUT2D eigenvalue weighted by Gasteiger charge is 2.16. The summed E-state index contributed by atoms with van der Waals surface area (Å²) in [7, 11) is 3.98. The number of aromatic nitrogens is 1. The molecule has 2 N–H and O–H groups in total. The molecule has 8 heteroatoms. The Morgan fingerprint density at radius 2 is 1.70 bits per heavy atom. The van der Waals surface area contributed by atoms with Crippen molar-refractivity contribution in [2.45, 2.75) is 0 Å². The molecule has 0 atom stereocenters. The molecule has 0 unspecified atom stereocenters. The smallest absolute Gasteiger partial charge is 0.256 e. The number of carbonyl (C=O) groups is 1. The van der Waals surface area contributed by atoms with Crippen molar-refractivity contribution in [1.82, 2.24) is 4.98 Å². The molecule has 0 fully saturated rings. The molecule has 6 nitrogen and oxygen atoms in total. The van der Waals surface area contributed by atoms with E-state index in [4.69, 9.17) is 0 Å². The van der Waals surface area contributed by atoms with E-state index in [1.165, 1.54) is 35.6 Å². The second-order valence-corrected chi connectivity index (χ2v) is 8.38. The summed E-state index contributed by atoms with van der Waals surface area (Å²) < 4.78 is 13.2. The van der Waals surface area contributed by atoms with E-state index in [1.807, 2.05) is 73.6 Å². The summed E-state index contributed by atoms with van der Waals surface area (Å²) in [5.74, 6) is -0.734. The van der Waals surface area contributed by atoms with Gasteiger partial charge in [-0.2, -0.15) is 5.10 Å². The highest BCUT2D eigenvalue weighted by atomic mass is 32.1. The van der Waals surface area contributed by atoms with E-state index in [1.54, 1.807) is 6.21 Å². The molecular formula is C25H22FN5OS. The molecule has 0 bridgehead atoms. The Balaban J connectivity index is 1.54. The van der Waals surface area contributed by atoms with Gasteiger partial charge in [0.15, 0.2) is 0 Å². The van der Waals surface area contributed by atoms with Crippen LogP contribution >= 0.6 is 11.3 Å². The van der Waals surface area contributed by atoms with Gasteiger partial charge in [0.25, 0.3) is 5.91 Å². The number of hydrogen-bond acceptors (Lipinski definition) is 6. The molecule has 3 aromatic carbocycles. The third-order valence-corrected chi connectivity index (χ3v) is 5.67. The molecule has 0 aliphatic heterocycles. The first-order valence-corrected chi connectivity index (χ1v) is 11.0. The first kappa shape index (κ1) is 22.2. The quantitative estimate of drug-likeness (QED) is 0.274. The number of thiazole rings is 1. The van der Waals surface area contributed by atoms with Crippen LogP contribution in [0.25, 0.3) is 11.3 Å². The van der Waals surface area contributed by atoms with Crippen LogP contribution in [-0.4, -0.2) is 31.2 Å². The van der Waals surface area contributed by atoms with Gasteiger partial charge in [-0.3, -0.25) is 10.2 Å². The van der Waals surface area contributed by atoms with Crippen molar-refractivity contribution in [3.8, 4) is 11.3 Å². The summed E-state index contributed by atoms with van der Waals surface area (Å²) in [5.41, 5.74) is 6.84. The van der Waals surface area contributed by atoms with Gasteiger partial charge in [-0.05, 0) is 42.0 Å². The summed E-state index contributed by atoms with van der Waals surface area (Å²) in [4.78, 5) is 19.3. The van der Waals surface area contributed by atoms with Crippen LogP contribution in [0.5, 0.6) is 0 Å². The third-order valence-electron chi connectivity index (χ3n) is 4.79. The number of nitrogens with zero attached hydrogens (tertiary/aromatic N) is 3. The van der Waals surface area contributed by atoms with Crippen molar-refractivity contribution in [1.29, 1.82) is 0 Å². The third kappa shape index (κ3) is 5.61. The van der Waals surface area contributed by atoms with Gasteiger partial charge in [0, 0.05) is 30.9 Å². The number of amides is 1. The van der Waals surface area contributed by atoms with Crippen molar-refractivity contribution in [2.24, 2.45) is 5.10 Å². The van der Waals surface area contributed by atoms with E-state index in [9.17, 15) is 9.18 Å². The van der Waals surface area contributed by atoms with Crippen LogP contribution in [0, 0.1) is 5.82 Å².